The SMILES string of the molecule is O=C(O)[C@@H]1CN(Cc2ccccc2)C[C@@H]1C1=CCC(Cl)C(Cl)=C1. The summed E-state index contributed by atoms with van der Waals surface area (Å²) in [5, 5.41) is 10.00. The molecule has 0 amide bonds. The number of carboxylic acid groups (broad SMARTS) is 1. The van der Waals surface area contributed by atoms with Gasteiger partial charge in [-0.15, -0.1) is 11.6 Å². The van der Waals surface area contributed by atoms with Gasteiger partial charge in [-0.05, 0) is 23.6 Å². The largest absolute Gasteiger partial charge is 0.481 e. The Hall–Kier alpha value is -1.29. The van der Waals surface area contributed by atoms with E-state index in [0.29, 0.717) is 18.0 Å². The number of hydrogen-bond acceptors (Lipinski definition) is 2. The zero-order valence-corrected chi connectivity index (χ0v) is 14.2. The first kappa shape index (κ1) is 16.6. The molecule has 122 valence electrons. The molecule has 1 heterocycles. The highest BCUT2D eigenvalue weighted by Crippen LogP contribution is 2.36. The fraction of sp³-hybridized carbons (Fsp3) is 0.389. The molecule has 0 radical (unpaired) electrons. The van der Waals surface area contributed by atoms with Gasteiger partial charge in [0.2, 0.25) is 0 Å². The van der Waals surface area contributed by atoms with Crippen molar-refractivity contribution in [2.45, 2.75) is 18.3 Å². The van der Waals surface area contributed by atoms with Crippen LogP contribution in [0.5, 0.6) is 0 Å². The van der Waals surface area contributed by atoms with Crippen molar-refractivity contribution in [1.82, 2.24) is 4.90 Å². The van der Waals surface area contributed by atoms with Crippen LogP contribution in [0.4, 0.5) is 0 Å². The average Bonchev–Trinajstić information content (AvgIpc) is 2.95. The molecule has 0 saturated carbocycles. The summed E-state index contributed by atoms with van der Waals surface area (Å²) in [7, 11) is 0. The third kappa shape index (κ3) is 3.79. The molecule has 1 aromatic rings. The summed E-state index contributed by atoms with van der Waals surface area (Å²) in [6.07, 6.45) is 4.55. The molecular weight excluding hydrogens is 333 g/mol. The number of allylic oxidation sites excluding steroid dienone is 3. The first-order valence-corrected chi connectivity index (χ1v) is 8.56. The Balaban J connectivity index is 1.76. The quantitative estimate of drug-likeness (QED) is 0.836. The van der Waals surface area contributed by atoms with Gasteiger partial charge in [0.1, 0.15) is 0 Å². The molecule has 3 rings (SSSR count). The highest BCUT2D eigenvalue weighted by Gasteiger charge is 2.39. The maximum absolute atomic E-state index is 11.7. The lowest BCUT2D eigenvalue weighted by atomic mass is 9.86. The molecule has 1 aliphatic heterocycles. The maximum Gasteiger partial charge on any atom is 0.308 e. The average molecular weight is 352 g/mol. The molecule has 1 fully saturated rings. The van der Waals surface area contributed by atoms with Crippen LogP contribution in [0.3, 0.4) is 0 Å². The molecule has 1 saturated heterocycles. The van der Waals surface area contributed by atoms with Crippen molar-refractivity contribution in [2.24, 2.45) is 11.8 Å². The van der Waals surface area contributed by atoms with Gasteiger partial charge in [-0.25, -0.2) is 0 Å². The maximum atomic E-state index is 11.7. The molecule has 3 atom stereocenters. The number of benzene rings is 1. The lowest BCUT2D eigenvalue weighted by Gasteiger charge is -2.21. The van der Waals surface area contributed by atoms with Crippen molar-refractivity contribution in [2.75, 3.05) is 13.1 Å². The molecule has 5 heteroatoms. The predicted molar refractivity (Wildman–Crippen MR) is 92.6 cm³/mol. The number of alkyl halides is 1. The first-order valence-electron chi connectivity index (χ1n) is 7.75. The molecule has 0 bridgehead atoms. The zero-order chi connectivity index (χ0) is 16.4. The van der Waals surface area contributed by atoms with Gasteiger partial charge in [-0.2, -0.15) is 0 Å². The number of nitrogens with zero attached hydrogens (tertiary/aromatic N) is 1. The van der Waals surface area contributed by atoms with Crippen LogP contribution in [-0.2, 0) is 11.3 Å². The Labute approximate surface area is 146 Å². The fourth-order valence-corrected chi connectivity index (χ4v) is 3.73. The molecule has 23 heavy (non-hydrogen) atoms. The number of carbonyl (C=O) groups is 1. The molecule has 2 aliphatic rings. The van der Waals surface area contributed by atoms with Gasteiger partial charge in [-0.3, -0.25) is 9.69 Å². The molecule has 1 aliphatic carbocycles. The summed E-state index contributed by atoms with van der Waals surface area (Å²) in [5.74, 6) is -1.18. The number of aliphatic carboxylic acids is 1. The lowest BCUT2D eigenvalue weighted by molar-refractivity contribution is -0.142. The molecule has 1 aromatic carbocycles. The van der Waals surface area contributed by atoms with Gasteiger partial charge in [0.15, 0.2) is 0 Å². The van der Waals surface area contributed by atoms with Crippen LogP contribution in [0, 0.1) is 11.8 Å². The fourth-order valence-electron chi connectivity index (χ4n) is 3.36. The highest BCUT2D eigenvalue weighted by molar-refractivity contribution is 6.37. The van der Waals surface area contributed by atoms with E-state index in [1.807, 2.05) is 30.4 Å². The van der Waals surface area contributed by atoms with Crippen LogP contribution < -0.4 is 0 Å². The molecule has 0 aromatic heterocycles. The number of likely N-dealkylation sites (tertiary alicyclic amines) is 1. The van der Waals surface area contributed by atoms with Crippen molar-refractivity contribution in [3.05, 3.63) is 58.7 Å². The summed E-state index contributed by atoms with van der Waals surface area (Å²) in [5.41, 5.74) is 2.21. The summed E-state index contributed by atoms with van der Waals surface area (Å²) in [6, 6.07) is 10.1. The van der Waals surface area contributed by atoms with Crippen molar-refractivity contribution in [3.63, 3.8) is 0 Å². The predicted octanol–water partition coefficient (Wildman–Crippen LogP) is 3.88. The lowest BCUT2D eigenvalue weighted by Crippen LogP contribution is -2.24. The van der Waals surface area contributed by atoms with E-state index in [9.17, 15) is 9.90 Å². The minimum atomic E-state index is -0.746. The molecule has 3 nitrogen and oxygen atoms in total. The molecule has 0 spiro atoms. The zero-order valence-electron chi connectivity index (χ0n) is 12.7. The van der Waals surface area contributed by atoms with Crippen LogP contribution in [0.1, 0.15) is 12.0 Å². The summed E-state index contributed by atoms with van der Waals surface area (Å²) in [4.78, 5) is 13.9. The monoisotopic (exact) mass is 351 g/mol. The summed E-state index contributed by atoms with van der Waals surface area (Å²) >= 11 is 12.3. The normalized spacial score (nSPS) is 28.3. The van der Waals surface area contributed by atoms with Gasteiger partial charge >= 0.3 is 5.97 Å². The van der Waals surface area contributed by atoms with Crippen molar-refractivity contribution in [3.8, 4) is 0 Å². The summed E-state index contributed by atoms with van der Waals surface area (Å²) < 4.78 is 0. The standard InChI is InChI=1S/C18H19Cl2NO2/c19-16-7-6-13(8-17(16)20)14-10-21(11-15(14)18(22)23)9-12-4-2-1-3-5-12/h1-6,8,14-16H,7,9-11H2,(H,22,23)/t14-,15-,16?/m1/s1. The van der Waals surface area contributed by atoms with E-state index in [1.165, 1.54) is 5.56 Å². The van der Waals surface area contributed by atoms with Crippen LogP contribution in [0.2, 0.25) is 0 Å². The van der Waals surface area contributed by atoms with E-state index in [4.69, 9.17) is 23.2 Å². The smallest absolute Gasteiger partial charge is 0.308 e. The van der Waals surface area contributed by atoms with E-state index in [2.05, 4.69) is 17.0 Å². The van der Waals surface area contributed by atoms with E-state index < -0.39 is 11.9 Å². The van der Waals surface area contributed by atoms with Crippen molar-refractivity contribution >= 4 is 29.2 Å². The van der Waals surface area contributed by atoms with Gasteiger partial charge in [-0.1, -0.05) is 48.0 Å². The van der Waals surface area contributed by atoms with Crippen LogP contribution in [-0.4, -0.2) is 34.4 Å². The van der Waals surface area contributed by atoms with Crippen molar-refractivity contribution < 1.29 is 9.90 Å². The van der Waals surface area contributed by atoms with E-state index in [0.717, 1.165) is 18.7 Å². The number of hydrogen-bond donors (Lipinski definition) is 1. The Kier molecular flexibility index (Phi) is 5.10. The third-order valence-electron chi connectivity index (χ3n) is 4.55. The van der Waals surface area contributed by atoms with Crippen molar-refractivity contribution in [1.29, 1.82) is 0 Å². The summed E-state index contributed by atoms with van der Waals surface area (Å²) in [6.45, 7) is 2.05. The Morgan fingerprint density at radius 1 is 1.26 bits per heavy atom. The molecule has 1 unspecified atom stereocenters. The second-order valence-electron chi connectivity index (χ2n) is 6.17. The highest BCUT2D eigenvalue weighted by atomic mass is 35.5. The minimum absolute atomic E-state index is 0.0332. The number of rotatable bonds is 4. The topological polar surface area (TPSA) is 40.5 Å². The van der Waals surface area contributed by atoms with Crippen LogP contribution in [0.25, 0.3) is 0 Å². The van der Waals surface area contributed by atoms with E-state index >= 15 is 0 Å². The minimum Gasteiger partial charge on any atom is -0.481 e. The Bertz CT molecular complexity index is 642. The van der Waals surface area contributed by atoms with E-state index in [1.54, 1.807) is 0 Å². The Morgan fingerprint density at radius 3 is 2.65 bits per heavy atom. The van der Waals surface area contributed by atoms with Crippen LogP contribution >= 0.6 is 23.2 Å². The Morgan fingerprint density at radius 2 is 2.00 bits per heavy atom. The molecule has 1 N–H and O–H groups in total. The second-order valence-corrected chi connectivity index (χ2v) is 7.13. The number of carboxylic acids is 1. The van der Waals surface area contributed by atoms with E-state index in [-0.39, 0.29) is 11.3 Å². The first-order chi connectivity index (χ1) is 11.0. The van der Waals surface area contributed by atoms with Gasteiger partial charge in [0, 0.05) is 30.6 Å². The molecular formula is C18H19Cl2NO2. The number of halogens is 2. The second kappa shape index (κ2) is 7.08. The van der Waals surface area contributed by atoms with Gasteiger partial charge in [0.05, 0.1) is 11.3 Å². The van der Waals surface area contributed by atoms with Gasteiger partial charge in [0.25, 0.3) is 0 Å². The van der Waals surface area contributed by atoms with Crippen LogP contribution in [0.15, 0.2) is 53.1 Å². The van der Waals surface area contributed by atoms with Gasteiger partial charge < -0.3 is 5.11 Å². The third-order valence-corrected chi connectivity index (χ3v) is 5.45.